The monoisotopic (exact) mass is 529 g/mol. The molecular formula is C21H31N5O7S2. The highest BCUT2D eigenvalue weighted by atomic mass is 32.2. The number of para-hydroxylation sites is 1. The first-order chi connectivity index (χ1) is 16.2. The zero-order valence-electron chi connectivity index (χ0n) is 20.2. The highest BCUT2D eigenvalue weighted by Crippen LogP contribution is 2.35. The van der Waals surface area contributed by atoms with Gasteiger partial charge < -0.3 is 19.3 Å². The van der Waals surface area contributed by atoms with Gasteiger partial charge in [-0.3, -0.25) is 9.52 Å². The van der Waals surface area contributed by atoms with Crippen LogP contribution in [-0.4, -0.2) is 91.8 Å². The fourth-order valence-corrected chi connectivity index (χ4v) is 5.48. The molecule has 0 radical (unpaired) electrons. The molecule has 1 aliphatic rings. The van der Waals surface area contributed by atoms with Crippen molar-refractivity contribution < 1.29 is 31.5 Å². The lowest BCUT2D eigenvalue weighted by atomic mass is 9.99. The van der Waals surface area contributed by atoms with Gasteiger partial charge in [-0.1, -0.05) is 13.0 Å². The lowest BCUT2D eigenvalue weighted by molar-refractivity contribution is 0.0389. The number of nitrogens with zero attached hydrogens (tertiary/aromatic N) is 4. The highest BCUT2D eigenvalue weighted by molar-refractivity contribution is 7.92. The lowest BCUT2D eigenvalue weighted by Gasteiger charge is -2.38. The summed E-state index contributed by atoms with van der Waals surface area (Å²) in [6, 6.07) is 3.96. The van der Waals surface area contributed by atoms with Gasteiger partial charge in [0.05, 0.1) is 43.0 Å². The van der Waals surface area contributed by atoms with E-state index < -0.39 is 38.1 Å². The minimum atomic E-state index is -3.93. The molecule has 2 heterocycles. The number of aliphatic hydroxyl groups excluding tert-OH is 1. The van der Waals surface area contributed by atoms with Crippen LogP contribution in [0.3, 0.4) is 0 Å². The molecule has 2 aromatic rings. The number of sulfonamides is 2. The van der Waals surface area contributed by atoms with E-state index in [0.717, 1.165) is 10.6 Å². The van der Waals surface area contributed by atoms with Crippen molar-refractivity contribution in [2.45, 2.75) is 31.0 Å². The van der Waals surface area contributed by atoms with Crippen molar-refractivity contribution in [3.8, 4) is 5.75 Å². The molecule has 194 valence electrons. The lowest BCUT2D eigenvalue weighted by Crippen LogP contribution is -2.50. The Kier molecular flexibility index (Phi) is 7.79. The number of imidazole rings is 1. The Bertz CT molecular complexity index is 1290. The number of anilines is 1. The summed E-state index contributed by atoms with van der Waals surface area (Å²) in [4.78, 5) is 18.8. The van der Waals surface area contributed by atoms with Gasteiger partial charge >= 0.3 is 0 Å². The van der Waals surface area contributed by atoms with E-state index in [0.29, 0.717) is 0 Å². The molecule has 1 aromatic heterocycles. The zero-order chi connectivity index (χ0) is 26.1. The van der Waals surface area contributed by atoms with Gasteiger partial charge in [0.15, 0.2) is 10.8 Å². The Labute approximate surface area is 205 Å². The van der Waals surface area contributed by atoms with Gasteiger partial charge in [0, 0.05) is 32.8 Å². The Morgan fingerprint density at radius 3 is 2.57 bits per heavy atom. The van der Waals surface area contributed by atoms with Gasteiger partial charge in [0.1, 0.15) is 6.10 Å². The summed E-state index contributed by atoms with van der Waals surface area (Å²) in [6.45, 7) is 3.30. The number of aliphatic hydroxyl groups is 1. The maximum absolute atomic E-state index is 13.4. The van der Waals surface area contributed by atoms with Gasteiger partial charge in [0.2, 0.25) is 10.0 Å². The highest BCUT2D eigenvalue weighted by Gasteiger charge is 2.36. The minimum absolute atomic E-state index is 0.00162. The van der Waals surface area contributed by atoms with Crippen LogP contribution in [0.4, 0.5) is 5.69 Å². The Hall–Kier alpha value is -2.68. The van der Waals surface area contributed by atoms with Gasteiger partial charge in [-0.05, 0) is 19.1 Å². The number of fused-ring (bicyclic) bond motifs is 1. The number of aryl methyl sites for hydroxylation is 1. The number of ether oxygens (including phenoxy) is 1. The summed E-state index contributed by atoms with van der Waals surface area (Å²) < 4.78 is 61.2. The van der Waals surface area contributed by atoms with Crippen LogP contribution < -0.4 is 9.46 Å². The molecule has 3 rings (SSSR count). The number of amides is 1. The fraction of sp³-hybridized carbons (Fsp3) is 0.524. The van der Waals surface area contributed by atoms with Gasteiger partial charge in [-0.15, -0.1) is 0 Å². The number of nitrogens with one attached hydrogen (secondary N) is 1. The quantitative estimate of drug-likeness (QED) is 0.497. The number of hydrogen-bond donors (Lipinski definition) is 2. The third kappa shape index (κ3) is 5.94. The first-order valence-electron chi connectivity index (χ1n) is 10.9. The number of carbonyl (C=O) groups is 1. The second-order valence-corrected chi connectivity index (χ2v) is 12.6. The molecular weight excluding hydrogens is 498 g/mol. The Balaban J connectivity index is 2.06. The standard InChI is InChI=1S/C21H31N5O7S2/c1-14-9-26(15(2)12-27)21(28)16-7-6-8-17(23-34(5,29)30)20(16)33-18(14)10-25(4)35(31,32)19-11-24(3)13-22-19/h6-8,11,13-15,18,23,27H,9-10,12H2,1-5H3/t14-,15-,18-/m1/s1. The average molecular weight is 530 g/mol. The molecule has 35 heavy (non-hydrogen) atoms. The van der Waals surface area contributed by atoms with Crippen molar-refractivity contribution in [3.05, 3.63) is 36.3 Å². The topological polar surface area (TPSA) is 151 Å². The van der Waals surface area contributed by atoms with Crippen LogP contribution in [0.5, 0.6) is 5.75 Å². The van der Waals surface area contributed by atoms with Crippen LogP contribution in [0.15, 0.2) is 35.7 Å². The van der Waals surface area contributed by atoms with Crippen molar-refractivity contribution in [1.29, 1.82) is 0 Å². The molecule has 0 saturated heterocycles. The maximum Gasteiger partial charge on any atom is 0.261 e. The van der Waals surface area contributed by atoms with E-state index >= 15 is 0 Å². The molecule has 1 amide bonds. The molecule has 0 spiro atoms. The van der Waals surface area contributed by atoms with Gasteiger partial charge in [-0.2, -0.15) is 4.31 Å². The van der Waals surface area contributed by atoms with Crippen molar-refractivity contribution in [1.82, 2.24) is 18.8 Å². The van der Waals surface area contributed by atoms with Crippen molar-refractivity contribution in [3.63, 3.8) is 0 Å². The smallest absolute Gasteiger partial charge is 0.261 e. The summed E-state index contributed by atoms with van der Waals surface area (Å²) in [5.74, 6) is -0.814. The Morgan fingerprint density at radius 1 is 1.31 bits per heavy atom. The number of benzene rings is 1. The predicted octanol–water partition coefficient (Wildman–Crippen LogP) is 0.332. The van der Waals surface area contributed by atoms with E-state index in [4.69, 9.17) is 4.74 Å². The molecule has 0 fully saturated rings. The van der Waals surface area contributed by atoms with Crippen LogP contribution in [0.25, 0.3) is 0 Å². The molecule has 0 saturated carbocycles. The van der Waals surface area contributed by atoms with E-state index in [9.17, 15) is 26.7 Å². The number of rotatable bonds is 8. The molecule has 14 heteroatoms. The van der Waals surface area contributed by atoms with Gasteiger partial charge in [0.25, 0.3) is 15.9 Å². The molecule has 1 aliphatic heterocycles. The molecule has 3 atom stereocenters. The molecule has 12 nitrogen and oxygen atoms in total. The first kappa shape index (κ1) is 26.9. The second kappa shape index (κ2) is 10.1. The fourth-order valence-electron chi connectivity index (χ4n) is 3.77. The van der Waals surface area contributed by atoms with Crippen LogP contribution in [-0.2, 0) is 27.1 Å². The maximum atomic E-state index is 13.4. The van der Waals surface area contributed by atoms with E-state index in [1.807, 2.05) is 0 Å². The molecule has 1 aromatic carbocycles. The predicted molar refractivity (Wildman–Crippen MR) is 129 cm³/mol. The zero-order valence-corrected chi connectivity index (χ0v) is 21.9. The SMILES string of the molecule is C[C@@H]1CN([C@H](C)CO)C(=O)c2cccc(NS(C)(=O)=O)c2O[C@@H]1CN(C)S(=O)(=O)c1cn(C)cn1. The van der Waals surface area contributed by atoms with Crippen molar-refractivity contribution >= 4 is 31.6 Å². The molecule has 2 N–H and O–H groups in total. The summed E-state index contributed by atoms with van der Waals surface area (Å²) in [5.41, 5.74) is 0.162. The van der Waals surface area contributed by atoms with E-state index in [-0.39, 0.29) is 47.6 Å². The first-order valence-corrected chi connectivity index (χ1v) is 14.2. The van der Waals surface area contributed by atoms with Crippen LogP contribution in [0.2, 0.25) is 0 Å². The number of aromatic nitrogens is 2. The Morgan fingerprint density at radius 2 is 2.00 bits per heavy atom. The average Bonchev–Trinajstić information content (AvgIpc) is 3.22. The van der Waals surface area contributed by atoms with Crippen molar-refractivity contribution in [2.75, 3.05) is 37.7 Å². The normalized spacial score (nSPS) is 20.1. The second-order valence-electron chi connectivity index (χ2n) is 8.84. The van der Waals surface area contributed by atoms with Gasteiger partial charge in [-0.25, -0.2) is 21.8 Å². The minimum Gasteiger partial charge on any atom is -0.486 e. The third-order valence-electron chi connectivity index (χ3n) is 5.78. The van der Waals surface area contributed by atoms with E-state index in [1.54, 1.807) is 20.9 Å². The van der Waals surface area contributed by atoms with Crippen molar-refractivity contribution in [2.24, 2.45) is 13.0 Å². The summed E-state index contributed by atoms with van der Waals surface area (Å²) in [7, 11) is -4.58. The summed E-state index contributed by atoms with van der Waals surface area (Å²) >= 11 is 0. The van der Waals surface area contributed by atoms with Crippen LogP contribution in [0.1, 0.15) is 24.2 Å². The third-order valence-corrected chi connectivity index (χ3v) is 8.08. The molecule has 0 unspecified atom stereocenters. The number of carbonyl (C=O) groups excluding carboxylic acids is 1. The van der Waals surface area contributed by atoms with Crippen LogP contribution >= 0.6 is 0 Å². The largest absolute Gasteiger partial charge is 0.486 e. The van der Waals surface area contributed by atoms with Crippen LogP contribution in [0, 0.1) is 5.92 Å². The number of hydrogen-bond acceptors (Lipinski definition) is 8. The molecule has 0 bridgehead atoms. The summed E-state index contributed by atoms with van der Waals surface area (Å²) in [5, 5.41) is 9.62. The summed E-state index contributed by atoms with van der Waals surface area (Å²) in [6.07, 6.45) is 2.99. The van der Waals surface area contributed by atoms with E-state index in [1.165, 1.54) is 47.2 Å². The molecule has 0 aliphatic carbocycles. The van der Waals surface area contributed by atoms with E-state index in [2.05, 4.69) is 9.71 Å². The number of likely N-dealkylation sites (N-methyl/N-ethyl adjacent to an activating group) is 1.